The largest absolute Gasteiger partial charge is 0.457 e. The Balaban J connectivity index is 2.26. The van der Waals surface area contributed by atoms with Crippen molar-refractivity contribution in [1.82, 2.24) is 0 Å². The summed E-state index contributed by atoms with van der Waals surface area (Å²) < 4.78 is 5.59. The first kappa shape index (κ1) is 14.8. The molecule has 104 valence electrons. The average molecular weight is 332 g/mol. The van der Waals surface area contributed by atoms with E-state index in [1.54, 1.807) is 36.4 Å². The zero-order valence-electron chi connectivity index (χ0n) is 9.98. The van der Waals surface area contributed by atoms with Crippen LogP contribution in [0.1, 0.15) is 5.56 Å². The first-order chi connectivity index (χ1) is 9.51. The standard InChI is InChI=1S/C13H9Cl3N2O2/c14-10-4-2-8(6-12(10)16)20-7-1-3-9(11(15)5-7)13(17)18-19/h1-6,19H,(H2,17,18). The van der Waals surface area contributed by atoms with Crippen molar-refractivity contribution < 1.29 is 9.94 Å². The normalized spacial score (nSPS) is 11.4. The molecule has 3 N–H and O–H groups in total. The zero-order chi connectivity index (χ0) is 14.7. The molecule has 0 unspecified atom stereocenters. The highest BCUT2D eigenvalue weighted by Crippen LogP contribution is 2.31. The van der Waals surface area contributed by atoms with E-state index in [4.69, 9.17) is 50.5 Å². The molecule has 20 heavy (non-hydrogen) atoms. The van der Waals surface area contributed by atoms with Crippen molar-refractivity contribution in [3.05, 3.63) is 57.0 Å². The fourth-order valence-corrected chi connectivity index (χ4v) is 2.05. The molecule has 0 aromatic heterocycles. The van der Waals surface area contributed by atoms with Crippen LogP contribution in [0, 0.1) is 0 Å². The van der Waals surface area contributed by atoms with Crippen LogP contribution >= 0.6 is 34.8 Å². The average Bonchev–Trinajstić information content (AvgIpc) is 2.42. The van der Waals surface area contributed by atoms with E-state index < -0.39 is 0 Å². The summed E-state index contributed by atoms with van der Waals surface area (Å²) in [6, 6.07) is 9.68. The topological polar surface area (TPSA) is 67.8 Å². The molecule has 0 heterocycles. The Labute approximate surface area is 130 Å². The first-order valence-corrected chi connectivity index (χ1v) is 6.55. The van der Waals surface area contributed by atoms with Gasteiger partial charge in [0.2, 0.25) is 0 Å². The van der Waals surface area contributed by atoms with Crippen LogP contribution in [0.25, 0.3) is 0 Å². The van der Waals surface area contributed by atoms with E-state index in [1.165, 1.54) is 0 Å². The quantitative estimate of drug-likeness (QED) is 0.376. The molecule has 2 aromatic rings. The summed E-state index contributed by atoms with van der Waals surface area (Å²) in [7, 11) is 0. The number of hydrogen-bond acceptors (Lipinski definition) is 3. The summed E-state index contributed by atoms with van der Waals surface area (Å²) in [5.74, 6) is 0.936. The minimum atomic E-state index is -0.0731. The van der Waals surface area contributed by atoms with Gasteiger partial charge in [0, 0.05) is 17.7 Å². The highest BCUT2D eigenvalue weighted by molar-refractivity contribution is 6.42. The third-order valence-electron chi connectivity index (χ3n) is 2.45. The van der Waals surface area contributed by atoms with E-state index in [-0.39, 0.29) is 5.84 Å². The highest BCUT2D eigenvalue weighted by atomic mass is 35.5. The molecule has 0 atom stereocenters. The smallest absolute Gasteiger partial charge is 0.171 e. The van der Waals surface area contributed by atoms with Gasteiger partial charge in [-0.25, -0.2) is 0 Å². The van der Waals surface area contributed by atoms with E-state index >= 15 is 0 Å². The fourth-order valence-electron chi connectivity index (χ4n) is 1.50. The third kappa shape index (κ3) is 3.28. The number of halogens is 3. The van der Waals surface area contributed by atoms with Gasteiger partial charge in [-0.15, -0.1) is 0 Å². The van der Waals surface area contributed by atoms with Crippen LogP contribution in [0.4, 0.5) is 0 Å². The van der Waals surface area contributed by atoms with E-state index in [0.29, 0.717) is 32.1 Å². The van der Waals surface area contributed by atoms with Gasteiger partial charge < -0.3 is 15.7 Å². The molecular formula is C13H9Cl3N2O2. The maximum Gasteiger partial charge on any atom is 0.171 e. The van der Waals surface area contributed by atoms with Crippen molar-refractivity contribution in [2.24, 2.45) is 10.9 Å². The van der Waals surface area contributed by atoms with E-state index in [9.17, 15) is 0 Å². The van der Waals surface area contributed by atoms with Gasteiger partial charge in [-0.1, -0.05) is 40.0 Å². The second kappa shape index (κ2) is 6.22. The first-order valence-electron chi connectivity index (χ1n) is 5.41. The van der Waals surface area contributed by atoms with Crippen molar-refractivity contribution in [2.75, 3.05) is 0 Å². The summed E-state index contributed by atoms with van der Waals surface area (Å²) in [6.45, 7) is 0. The van der Waals surface area contributed by atoms with Gasteiger partial charge in [-0.05, 0) is 24.3 Å². The van der Waals surface area contributed by atoms with Crippen LogP contribution in [-0.4, -0.2) is 11.0 Å². The Kier molecular flexibility index (Phi) is 4.60. The number of amidine groups is 1. The molecule has 4 nitrogen and oxygen atoms in total. The summed E-state index contributed by atoms with van der Waals surface area (Å²) in [5.41, 5.74) is 5.89. The van der Waals surface area contributed by atoms with Gasteiger partial charge in [0.25, 0.3) is 0 Å². The van der Waals surface area contributed by atoms with Gasteiger partial charge in [0.15, 0.2) is 5.84 Å². The molecular weight excluding hydrogens is 323 g/mol. The molecule has 0 aliphatic heterocycles. The molecule has 2 rings (SSSR count). The van der Waals surface area contributed by atoms with E-state index in [0.717, 1.165) is 0 Å². The second-order valence-corrected chi connectivity index (χ2v) is 5.03. The molecule has 0 amide bonds. The highest BCUT2D eigenvalue weighted by Gasteiger charge is 2.08. The Morgan fingerprint density at radius 1 is 0.950 bits per heavy atom. The summed E-state index contributed by atoms with van der Waals surface area (Å²) in [4.78, 5) is 0. The number of hydrogen-bond donors (Lipinski definition) is 2. The lowest BCUT2D eigenvalue weighted by atomic mass is 10.2. The van der Waals surface area contributed by atoms with Gasteiger partial charge in [0.05, 0.1) is 15.1 Å². The van der Waals surface area contributed by atoms with Crippen molar-refractivity contribution in [1.29, 1.82) is 0 Å². The monoisotopic (exact) mass is 330 g/mol. The Bertz CT molecular complexity index is 675. The lowest BCUT2D eigenvalue weighted by Crippen LogP contribution is -2.13. The van der Waals surface area contributed by atoms with Crippen molar-refractivity contribution in [3.63, 3.8) is 0 Å². The number of nitrogens with zero attached hydrogens (tertiary/aromatic N) is 1. The molecule has 0 aliphatic carbocycles. The second-order valence-electron chi connectivity index (χ2n) is 3.80. The number of ether oxygens (including phenoxy) is 1. The Morgan fingerprint density at radius 3 is 2.10 bits per heavy atom. The molecule has 2 aromatic carbocycles. The molecule has 0 radical (unpaired) electrons. The molecule has 0 fully saturated rings. The number of rotatable bonds is 3. The summed E-state index contributed by atoms with van der Waals surface area (Å²) >= 11 is 17.7. The molecule has 0 aliphatic rings. The van der Waals surface area contributed by atoms with Gasteiger partial charge >= 0.3 is 0 Å². The lowest BCUT2D eigenvalue weighted by molar-refractivity contribution is 0.318. The predicted molar refractivity (Wildman–Crippen MR) is 80.5 cm³/mol. The minimum absolute atomic E-state index is 0.0731. The molecule has 0 saturated carbocycles. The van der Waals surface area contributed by atoms with Crippen molar-refractivity contribution in [2.45, 2.75) is 0 Å². The maximum absolute atomic E-state index is 8.62. The SMILES string of the molecule is NC(=NO)c1ccc(Oc2ccc(Cl)c(Cl)c2)cc1Cl. The van der Waals surface area contributed by atoms with E-state index in [1.807, 2.05) is 0 Å². The molecule has 0 saturated heterocycles. The number of benzene rings is 2. The van der Waals surface area contributed by atoms with Crippen molar-refractivity contribution in [3.8, 4) is 11.5 Å². The summed E-state index contributed by atoms with van der Waals surface area (Å²) in [5, 5.41) is 12.7. The van der Waals surface area contributed by atoms with Gasteiger partial charge in [-0.2, -0.15) is 0 Å². The minimum Gasteiger partial charge on any atom is -0.457 e. The van der Waals surface area contributed by atoms with Crippen LogP contribution in [-0.2, 0) is 0 Å². The lowest BCUT2D eigenvalue weighted by Gasteiger charge is -2.09. The van der Waals surface area contributed by atoms with Crippen LogP contribution in [0.2, 0.25) is 15.1 Å². The van der Waals surface area contributed by atoms with E-state index in [2.05, 4.69) is 5.16 Å². The number of nitrogens with two attached hydrogens (primary N) is 1. The number of oxime groups is 1. The van der Waals surface area contributed by atoms with Crippen LogP contribution in [0.5, 0.6) is 11.5 Å². The molecule has 0 spiro atoms. The summed E-state index contributed by atoms with van der Waals surface area (Å²) in [6.07, 6.45) is 0. The Hall–Kier alpha value is -1.62. The van der Waals surface area contributed by atoms with Crippen molar-refractivity contribution >= 4 is 40.6 Å². The van der Waals surface area contributed by atoms with Crippen LogP contribution in [0.3, 0.4) is 0 Å². The fraction of sp³-hybridized carbons (Fsp3) is 0. The van der Waals surface area contributed by atoms with Crippen LogP contribution < -0.4 is 10.5 Å². The van der Waals surface area contributed by atoms with Gasteiger partial charge in [0.1, 0.15) is 11.5 Å². The Morgan fingerprint density at radius 2 is 1.55 bits per heavy atom. The molecule has 0 bridgehead atoms. The predicted octanol–water partition coefficient (Wildman–Crippen LogP) is 4.53. The third-order valence-corrected chi connectivity index (χ3v) is 3.50. The zero-order valence-corrected chi connectivity index (χ0v) is 12.2. The van der Waals surface area contributed by atoms with Gasteiger partial charge in [-0.3, -0.25) is 0 Å². The molecule has 7 heteroatoms. The van der Waals surface area contributed by atoms with Crippen LogP contribution in [0.15, 0.2) is 41.6 Å². The maximum atomic E-state index is 8.62.